The lowest BCUT2D eigenvalue weighted by molar-refractivity contribution is -0.161. The van der Waals surface area contributed by atoms with Crippen molar-refractivity contribution in [3.63, 3.8) is 0 Å². The van der Waals surface area contributed by atoms with Gasteiger partial charge < -0.3 is 34.2 Å². The number of phosphoric ester groups is 2. The van der Waals surface area contributed by atoms with E-state index in [1.165, 1.54) is 250 Å². The van der Waals surface area contributed by atoms with Gasteiger partial charge in [-0.2, -0.15) is 0 Å². The lowest BCUT2D eigenvalue weighted by atomic mass is 10.0. The number of aliphatic hydroxyl groups is 2. The fraction of sp³-hybridized carbons (Fsp3) is 0.743. The summed E-state index contributed by atoms with van der Waals surface area (Å²) in [5.74, 6) is -1.56. The third-order valence-corrected chi connectivity index (χ3v) is 23.4. The highest BCUT2D eigenvalue weighted by molar-refractivity contribution is 7.47. The molecule has 123 heavy (non-hydrogen) atoms. The monoisotopic (exact) mass is 1760 g/mol. The molecule has 16 nitrogen and oxygen atoms in total. The number of carbonyl (C=O) groups excluding carboxylic acids is 3. The molecule has 0 aliphatic heterocycles. The van der Waals surface area contributed by atoms with Crippen LogP contribution in [-0.2, 0) is 55.8 Å². The Bertz CT molecular complexity index is 2820. The summed E-state index contributed by atoms with van der Waals surface area (Å²) in [5, 5.41) is 20.8. The molecule has 0 spiro atoms. The van der Waals surface area contributed by atoms with Gasteiger partial charge in [-0.1, -0.05) is 417 Å². The Kier molecular flexibility index (Phi) is 92.9. The number of carbonyl (C=O) groups is 3. The molecule has 710 valence electrons. The Labute approximate surface area is 753 Å². The second-order valence-corrected chi connectivity index (χ2v) is 36.5. The first kappa shape index (κ1) is 118. The maximum Gasteiger partial charge on any atom is 0.472 e. The highest BCUT2D eigenvalue weighted by Gasteiger charge is 2.30. The van der Waals surface area contributed by atoms with E-state index in [1.54, 1.807) is 0 Å². The van der Waals surface area contributed by atoms with E-state index in [1.807, 2.05) is 0 Å². The molecule has 0 heterocycles. The Balaban J connectivity index is 4.62. The second kappa shape index (κ2) is 96.5. The van der Waals surface area contributed by atoms with E-state index in [0.717, 1.165) is 135 Å². The maximum absolute atomic E-state index is 13.1. The Hall–Kier alpha value is -4.57. The van der Waals surface area contributed by atoms with E-state index < -0.39 is 91.5 Å². The first-order chi connectivity index (χ1) is 60.2. The van der Waals surface area contributed by atoms with Crippen LogP contribution in [0.15, 0.2) is 146 Å². The molecule has 4 N–H and O–H groups in total. The van der Waals surface area contributed by atoms with Crippen LogP contribution in [-0.4, -0.2) is 95.9 Å². The maximum atomic E-state index is 13.1. The molecular formula is C105H184O16P2. The SMILES string of the molecule is CCCCC/C=C\C/C=C\C/C=C\C/C=C\CCCCCCCCCCCCCCCCCC(=O)OCC(O)COP(=O)(O)OCC(O)COP(=O)(O)OCC(COC(=O)CCCCCCCCCCCCCCC/C=C\C/C=C\C/C=C\C/C=C\CCCCC)OC(=O)CCCCCCCCCCCCC/C=C\C/C=C\C/C=C\C/C=C\CCCCC. The van der Waals surface area contributed by atoms with Gasteiger partial charge in [0.05, 0.1) is 26.4 Å². The van der Waals surface area contributed by atoms with Gasteiger partial charge in [-0.3, -0.25) is 32.5 Å². The van der Waals surface area contributed by atoms with Crippen LogP contribution in [0.4, 0.5) is 0 Å². The van der Waals surface area contributed by atoms with Crippen molar-refractivity contribution < 1.29 is 75.8 Å². The van der Waals surface area contributed by atoms with Gasteiger partial charge in [0.15, 0.2) is 6.10 Å². The number of aliphatic hydroxyl groups excluding tert-OH is 2. The number of esters is 3. The molecule has 0 aliphatic carbocycles. The average Bonchev–Trinajstić information content (AvgIpc) is 0.891. The lowest BCUT2D eigenvalue weighted by Gasteiger charge is -2.21. The van der Waals surface area contributed by atoms with Gasteiger partial charge in [-0.15, -0.1) is 0 Å². The topological polar surface area (TPSA) is 231 Å². The molecule has 0 aromatic rings. The highest BCUT2D eigenvalue weighted by Crippen LogP contribution is 2.45. The smallest absolute Gasteiger partial charge is 0.463 e. The van der Waals surface area contributed by atoms with Crippen LogP contribution in [0.3, 0.4) is 0 Å². The van der Waals surface area contributed by atoms with Gasteiger partial charge in [0.1, 0.15) is 25.4 Å². The summed E-state index contributed by atoms with van der Waals surface area (Å²) in [6, 6.07) is 0. The van der Waals surface area contributed by atoms with Gasteiger partial charge in [0.25, 0.3) is 0 Å². The van der Waals surface area contributed by atoms with Crippen LogP contribution in [0.1, 0.15) is 445 Å². The van der Waals surface area contributed by atoms with Crippen LogP contribution < -0.4 is 0 Å². The standard InChI is InChI=1S/C105H184O16P2/c1-4-7-10-13-16-19-22-25-28-31-34-37-40-43-46-48-49-51-54-55-58-61-64-67-70-73-76-79-82-85-88-91-103(108)115-94-100(106)95-117-122(111,112)118-96-101(107)97-119-123(113,114)120-99-102(121-105(110)93-90-87-84-81-78-75-72-69-66-63-60-57-52-45-42-39-36-33-30-27-24-21-18-15-12-9-6-3)98-116-104(109)92-89-86-83-80-77-74-71-68-65-62-59-56-53-50-47-44-41-38-35-32-29-26-23-20-17-14-11-8-5-2/h16-21,25-30,34-39,43-47,52,100-102,106-107H,4-15,22-24,31-33,40-42,48-51,53-99H2,1-3H3,(H,111,112)(H,113,114)/b19-16-,20-17-,21-18-,28-25-,29-26-,30-27-,37-34-,38-35-,39-36-,46-43-,47-44-,52-45-. The summed E-state index contributed by atoms with van der Waals surface area (Å²) < 4.78 is 61.7. The molecule has 0 fully saturated rings. The van der Waals surface area contributed by atoms with Crippen LogP contribution >= 0.6 is 15.6 Å². The minimum absolute atomic E-state index is 0.0988. The average molecular weight is 1760 g/mol. The summed E-state index contributed by atoms with van der Waals surface area (Å²) in [6.07, 6.45) is 123. The fourth-order valence-electron chi connectivity index (χ4n) is 13.9. The third kappa shape index (κ3) is 97.9. The molecule has 18 heteroatoms. The van der Waals surface area contributed by atoms with Crippen molar-refractivity contribution in [3.8, 4) is 0 Å². The summed E-state index contributed by atoms with van der Waals surface area (Å²) in [7, 11) is -9.81. The molecule has 0 saturated heterocycles. The van der Waals surface area contributed by atoms with E-state index in [0.29, 0.717) is 19.3 Å². The van der Waals surface area contributed by atoms with Crippen molar-refractivity contribution in [2.24, 2.45) is 0 Å². The third-order valence-electron chi connectivity index (χ3n) is 21.5. The molecule has 5 unspecified atom stereocenters. The molecule has 0 radical (unpaired) electrons. The zero-order valence-corrected chi connectivity index (χ0v) is 80.4. The second-order valence-electron chi connectivity index (χ2n) is 33.6. The minimum Gasteiger partial charge on any atom is -0.463 e. The summed E-state index contributed by atoms with van der Waals surface area (Å²) in [5.41, 5.74) is 0. The molecule has 0 amide bonds. The van der Waals surface area contributed by atoms with Crippen LogP contribution in [0.2, 0.25) is 0 Å². The van der Waals surface area contributed by atoms with Crippen molar-refractivity contribution in [2.45, 2.75) is 463 Å². The molecular weight excluding hydrogens is 1580 g/mol. The van der Waals surface area contributed by atoms with E-state index in [2.05, 4.69) is 167 Å². The summed E-state index contributed by atoms with van der Waals surface area (Å²) in [6.45, 7) is 2.67. The Morgan fingerprint density at radius 2 is 0.407 bits per heavy atom. The quantitative estimate of drug-likeness (QED) is 0.0146. The van der Waals surface area contributed by atoms with Crippen molar-refractivity contribution in [1.82, 2.24) is 0 Å². The van der Waals surface area contributed by atoms with Gasteiger partial charge in [0, 0.05) is 19.3 Å². The molecule has 0 aromatic carbocycles. The van der Waals surface area contributed by atoms with Gasteiger partial charge >= 0.3 is 33.6 Å². The molecule has 0 bridgehead atoms. The normalized spacial score (nSPS) is 14.3. The van der Waals surface area contributed by atoms with Crippen LogP contribution in [0.5, 0.6) is 0 Å². The van der Waals surface area contributed by atoms with E-state index >= 15 is 0 Å². The Morgan fingerprint density at radius 3 is 0.642 bits per heavy atom. The number of rotatable bonds is 95. The van der Waals surface area contributed by atoms with E-state index in [9.17, 15) is 43.5 Å². The summed E-state index contributed by atoms with van der Waals surface area (Å²) in [4.78, 5) is 59.2. The van der Waals surface area contributed by atoms with Gasteiger partial charge in [-0.25, -0.2) is 9.13 Å². The number of ether oxygens (including phenoxy) is 3. The van der Waals surface area contributed by atoms with Gasteiger partial charge in [0.2, 0.25) is 0 Å². The zero-order chi connectivity index (χ0) is 89.3. The minimum atomic E-state index is -4.95. The molecule has 5 atom stereocenters. The Morgan fingerprint density at radius 1 is 0.228 bits per heavy atom. The lowest BCUT2D eigenvalue weighted by Crippen LogP contribution is -2.30. The van der Waals surface area contributed by atoms with Crippen molar-refractivity contribution >= 4 is 33.6 Å². The number of unbranched alkanes of at least 4 members (excludes halogenated alkanes) is 48. The van der Waals surface area contributed by atoms with Crippen molar-refractivity contribution in [1.29, 1.82) is 0 Å². The molecule has 0 aromatic heterocycles. The van der Waals surface area contributed by atoms with Gasteiger partial charge in [-0.05, 0) is 154 Å². The highest BCUT2D eigenvalue weighted by atomic mass is 31.2. The molecule has 0 aliphatic rings. The van der Waals surface area contributed by atoms with E-state index in [4.69, 9.17) is 32.3 Å². The fourth-order valence-corrected chi connectivity index (χ4v) is 15.5. The molecule has 0 saturated carbocycles. The predicted octanol–water partition coefficient (Wildman–Crippen LogP) is 31.5. The predicted molar refractivity (Wildman–Crippen MR) is 519 cm³/mol. The van der Waals surface area contributed by atoms with Crippen LogP contribution in [0.25, 0.3) is 0 Å². The number of allylic oxidation sites excluding steroid dienone is 24. The molecule has 0 rings (SSSR count). The number of hydrogen-bond acceptors (Lipinski definition) is 14. The van der Waals surface area contributed by atoms with Crippen LogP contribution in [0, 0.1) is 0 Å². The first-order valence-corrected chi connectivity index (χ1v) is 53.1. The van der Waals surface area contributed by atoms with Crippen molar-refractivity contribution in [2.75, 3.05) is 39.6 Å². The first-order valence-electron chi connectivity index (χ1n) is 50.1. The summed E-state index contributed by atoms with van der Waals surface area (Å²) >= 11 is 0. The van der Waals surface area contributed by atoms with Crippen molar-refractivity contribution in [3.05, 3.63) is 146 Å². The van der Waals surface area contributed by atoms with E-state index in [-0.39, 0.29) is 19.3 Å². The number of phosphoric acid groups is 2. The zero-order valence-electron chi connectivity index (χ0n) is 78.6. The number of hydrogen-bond donors (Lipinski definition) is 4. The largest absolute Gasteiger partial charge is 0.472 e.